The Morgan fingerprint density at radius 1 is 0.750 bits per heavy atom. The highest BCUT2D eigenvalue weighted by Crippen LogP contribution is 2.29. The van der Waals surface area contributed by atoms with Gasteiger partial charge in [-0.2, -0.15) is 0 Å². The molecule has 0 saturated carbocycles. The van der Waals surface area contributed by atoms with E-state index in [0.29, 0.717) is 0 Å². The minimum absolute atomic E-state index is 0.723. The van der Waals surface area contributed by atoms with E-state index in [-0.39, 0.29) is 0 Å². The first-order valence-electron chi connectivity index (χ1n) is 12.8. The first-order chi connectivity index (χ1) is 15.7. The smallest absolute Gasteiger partial charge is 0.213 e. The highest BCUT2D eigenvalue weighted by Gasteiger charge is 2.06. The molecule has 1 aromatic heterocycles. The van der Waals surface area contributed by atoms with Crippen LogP contribution in [0.3, 0.4) is 0 Å². The summed E-state index contributed by atoms with van der Waals surface area (Å²) in [5.74, 6) is 2.52. The van der Waals surface area contributed by atoms with Crippen LogP contribution in [0.5, 0.6) is 11.6 Å². The second-order valence-corrected chi connectivity index (χ2v) is 9.14. The summed E-state index contributed by atoms with van der Waals surface area (Å²) in [6, 6.07) is 14.7. The quantitative estimate of drug-likeness (QED) is 0.177. The molecule has 0 aliphatic heterocycles. The SMILES string of the molecule is CCCCCCCOc1ccc2c(ccc3cc(OCCCCCC(C)CC)ccc32)n1. The van der Waals surface area contributed by atoms with Gasteiger partial charge in [0, 0.05) is 11.5 Å². The van der Waals surface area contributed by atoms with Crippen LogP contribution in [0.15, 0.2) is 42.5 Å². The van der Waals surface area contributed by atoms with Crippen LogP contribution in [-0.2, 0) is 0 Å². The number of ether oxygens (including phenoxy) is 2. The second-order valence-electron chi connectivity index (χ2n) is 9.14. The van der Waals surface area contributed by atoms with Crippen molar-refractivity contribution in [3.05, 3.63) is 42.5 Å². The van der Waals surface area contributed by atoms with Crippen LogP contribution in [0, 0.1) is 5.92 Å². The number of fused-ring (bicyclic) bond motifs is 3. The summed E-state index contributed by atoms with van der Waals surface area (Å²) >= 11 is 0. The molecule has 0 aliphatic rings. The van der Waals surface area contributed by atoms with E-state index in [4.69, 9.17) is 14.5 Å². The van der Waals surface area contributed by atoms with Gasteiger partial charge in [0.2, 0.25) is 5.88 Å². The Labute approximate surface area is 194 Å². The fraction of sp³-hybridized carbons (Fsp3) is 0.552. The molecule has 0 aliphatic carbocycles. The van der Waals surface area contributed by atoms with Crippen molar-refractivity contribution in [1.29, 1.82) is 0 Å². The summed E-state index contributed by atoms with van der Waals surface area (Å²) in [5.41, 5.74) is 0.982. The van der Waals surface area contributed by atoms with E-state index >= 15 is 0 Å². The molecule has 32 heavy (non-hydrogen) atoms. The van der Waals surface area contributed by atoms with Gasteiger partial charge in [-0.3, -0.25) is 0 Å². The van der Waals surface area contributed by atoms with Crippen molar-refractivity contribution in [2.75, 3.05) is 13.2 Å². The zero-order valence-corrected chi connectivity index (χ0v) is 20.4. The van der Waals surface area contributed by atoms with Gasteiger partial charge in [-0.15, -0.1) is 0 Å². The predicted octanol–water partition coefficient (Wildman–Crippen LogP) is 8.72. The van der Waals surface area contributed by atoms with E-state index in [9.17, 15) is 0 Å². The topological polar surface area (TPSA) is 31.4 Å². The summed E-state index contributed by atoms with van der Waals surface area (Å²) in [4.78, 5) is 4.72. The molecule has 0 spiro atoms. The fourth-order valence-corrected chi connectivity index (χ4v) is 4.12. The van der Waals surface area contributed by atoms with Crippen molar-refractivity contribution in [2.24, 2.45) is 5.92 Å². The molecule has 3 nitrogen and oxygen atoms in total. The Morgan fingerprint density at radius 3 is 2.31 bits per heavy atom. The predicted molar refractivity (Wildman–Crippen MR) is 137 cm³/mol. The molecule has 0 saturated heterocycles. The molecule has 0 amide bonds. The maximum atomic E-state index is 6.02. The standard InChI is InChI=1S/C29H41NO2/c1-4-6-7-8-11-21-32-29-19-17-27-26-16-15-25(22-24(26)14-18-28(27)30-29)31-20-12-9-10-13-23(3)5-2/h14-19,22-23H,4-13,20-21H2,1-3H3. The minimum atomic E-state index is 0.723. The third-order valence-corrected chi connectivity index (χ3v) is 6.44. The van der Waals surface area contributed by atoms with Crippen molar-refractivity contribution in [3.63, 3.8) is 0 Å². The van der Waals surface area contributed by atoms with Crippen LogP contribution in [0.4, 0.5) is 0 Å². The third-order valence-electron chi connectivity index (χ3n) is 6.44. The number of pyridine rings is 1. The van der Waals surface area contributed by atoms with Crippen LogP contribution < -0.4 is 9.47 Å². The maximum absolute atomic E-state index is 6.02. The normalized spacial score (nSPS) is 12.3. The summed E-state index contributed by atoms with van der Waals surface area (Å²) < 4.78 is 11.9. The van der Waals surface area contributed by atoms with E-state index in [0.717, 1.165) is 54.5 Å². The van der Waals surface area contributed by atoms with E-state index in [1.165, 1.54) is 62.1 Å². The van der Waals surface area contributed by atoms with Gasteiger partial charge in [0.1, 0.15) is 5.75 Å². The molecule has 3 aromatic rings. The molecular weight excluding hydrogens is 394 g/mol. The van der Waals surface area contributed by atoms with Gasteiger partial charge in [-0.25, -0.2) is 4.98 Å². The summed E-state index contributed by atoms with van der Waals surface area (Å²) in [6.45, 7) is 8.39. The zero-order chi connectivity index (χ0) is 22.6. The maximum Gasteiger partial charge on any atom is 0.213 e. The molecule has 1 atom stereocenters. The lowest BCUT2D eigenvalue weighted by Gasteiger charge is -2.11. The van der Waals surface area contributed by atoms with Gasteiger partial charge in [0.05, 0.1) is 18.7 Å². The van der Waals surface area contributed by atoms with Gasteiger partial charge in [-0.05, 0) is 53.8 Å². The van der Waals surface area contributed by atoms with Gasteiger partial charge in [0.25, 0.3) is 0 Å². The summed E-state index contributed by atoms with van der Waals surface area (Å²) in [7, 11) is 0. The van der Waals surface area contributed by atoms with Crippen molar-refractivity contribution in [3.8, 4) is 11.6 Å². The lowest BCUT2D eigenvalue weighted by Crippen LogP contribution is -1.99. The Balaban J connectivity index is 1.53. The molecular formula is C29H41NO2. The highest BCUT2D eigenvalue weighted by molar-refractivity contribution is 6.06. The van der Waals surface area contributed by atoms with Gasteiger partial charge < -0.3 is 9.47 Å². The average Bonchev–Trinajstić information content (AvgIpc) is 2.82. The molecule has 1 unspecified atom stereocenters. The van der Waals surface area contributed by atoms with Crippen LogP contribution >= 0.6 is 0 Å². The van der Waals surface area contributed by atoms with E-state index in [1.54, 1.807) is 0 Å². The zero-order valence-electron chi connectivity index (χ0n) is 20.4. The number of nitrogens with zero attached hydrogens (tertiary/aromatic N) is 1. The molecule has 3 heteroatoms. The molecule has 0 radical (unpaired) electrons. The Bertz CT molecular complexity index is 952. The molecule has 174 valence electrons. The number of benzene rings is 2. The number of unbranched alkanes of at least 4 members (excludes halogenated alkanes) is 6. The van der Waals surface area contributed by atoms with Gasteiger partial charge in [0.15, 0.2) is 0 Å². The Morgan fingerprint density at radius 2 is 1.50 bits per heavy atom. The monoisotopic (exact) mass is 435 g/mol. The lowest BCUT2D eigenvalue weighted by atomic mass is 10.0. The molecule has 2 aromatic carbocycles. The highest BCUT2D eigenvalue weighted by atomic mass is 16.5. The third kappa shape index (κ3) is 7.39. The molecule has 0 fully saturated rings. The van der Waals surface area contributed by atoms with Gasteiger partial charge >= 0.3 is 0 Å². The Hall–Kier alpha value is -2.29. The summed E-state index contributed by atoms with van der Waals surface area (Å²) in [5, 5.41) is 3.56. The molecule has 0 N–H and O–H groups in total. The summed E-state index contributed by atoms with van der Waals surface area (Å²) in [6.07, 6.45) is 12.5. The fourth-order valence-electron chi connectivity index (χ4n) is 4.12. The van der Waals surface area contributed by atoms with Crippen LogP contribution in [0.1, 0.15) is 85.0 Å². The van der Waals surface area contributed by atoms with Crippen LogP contribution in [-0.4, -0.2) is 18.2 Å². The molecule has 0 bridgehead atoms. The van der Waals surface area contributed by atoms with Crippen LogP contribution in [0.25, 0.3) is 21.7 Å². The molecule has 3 rings (SSSR count). The first-order valence-corrected chi connectivity index (χ1v) is 12.8. The molecule has 1 heterocycles. The van der Waals surface area contributed by atoms with Crippen molar-refractivity contribution in [2.45, 2.75) is 85.0 Å². The minimum Gasteiger partial charge on any atom is -0.494 e. The van der Waals surface area contributed by atoms with Gasteiger partial charge in [-0.1, -0.05) is 84.3 Å². The number of hydrogen-bond acceptors (Lipinski definition) is 3. The second kappa shape index (κ2) is 13.3. The number of aromatic nitrogens is 1. The number of hydrogen-bond donors (Lipinski definition) is 0. The van der Waals surface area contributed by atoms with E-state index < -0.39 is 0 Å². The van der Waals surface area contributed by atoms with E-state index in [2.05, 4.69) is 57.2 Å². The van der Waals surface area contributed by atoms with Crippen molar-refractivity contribution in [1.82, 2.24) is 4.98 Å². The largest absolute Gasteiger partial charge is 0.494 e. The van der Waals surface area contributed by atoms with E-state index in [1.807, 2.05) is 6.07 Å². The Kier molecular flexibility index (Phi) is 10.1. The van der Waals surface area contributed by atoms with Crippen molar-refractivity contribution >= 4 is 21.7 Å². The first kappa shape index (κ1) is 24.4. The lowest BCUT2D eigenvalue weighted by molar-refractivity contribution is 0.294. The average molecular weight is 436 g/mol. The number of rotatable bonds is 15. The van der Waals surface area contributed by atoms with Crippen molar-refractivity contribution < 1.29 is 9.47 Å². The van der Waals surface area contributed by atoms with Crippen LogP contribution in [0.2, 0.25) is 0 Å².